The van der Waals surface area contributed by atoms with E-state index in [4.69, 9.17) is 14.2 Å². The van der Waals surface area contributed by atoms with Gasteiger partial charge < -0.3 is 19.3 Å². The number of hydrogen-bond donors (Lipinski definition) is 1. The van der Waals surface area contributed by atoms with Crippen molar-refractivity contribution in [3.05, 3.63) is 41.1 Å². The van der Waals surface area contributed by atoms with Crippen LogP contribution in [0.25, 0.3) is 0 Å². The second-order valence-electron chi connectivity index (χ2n) is 5.78. The number of benzene rings is 1. The highest BCUT2D eigenvalue weighted by atomic mass is 16.7. The number of aliphatic imine (C=N–C) groups is 1. The van der Waals surface area contributed by atoms with E-state index in [2.05, 4.69) is 4.99 Å². The van der Waals surface area contributed by atoms with Crippen LogP contribution in [0.15, 0.2) is 40.5 Å². The number of rotatable bonds is 6. The first kappa shape index (κ1) is 16.2. The van der Waals surface area contributed by atoms with Crippen molar-refractivity contribution in [3.8, 4) is 5.75 Å². The summed E-state index contributed by atoms with van der Waals surface area (Å²) in [5.74, 6) is 0.820. The Bertz CT molecular complexity index is 586. The minimum Gasteiger partial charge on any atom is -0.497 e. The van der Waals surface area contributed by atoms with Gasteiger partial charge in [0.1, 0.15) is 5.75 Å². The third-order valence-corrected chi connectivity index (χ3v) is 4.21. The van der Waals surface area contributed by atoms with Crippen LogP contribution in [-0.2, 0) is 9.47 Å². The molecule has 0 aromatic heterocycles. The summed E-state index contributed by atoms with van der Waals surface area (Å²) in [6.07, 6.45) is 3.77. The van der Waals surface area contributed by atoms with Crippen LogP contribution in [-0.4, -0.2) is 44.0 Å². The molecule has 0 amide bonds. The molecule has 0 saturated carbocycles. The van der Waals surface area contributed by atoms with E-state index in [-0.39, 0.29) is 12.9 Å². The Morgan fingerprint density at radius 2 is 2.09 bits per heavy atom. The topological polar surface area (TPSA) is 60.3 Å². The fourth-order valence-corrected chi connectivity index (χ4v) is 2.85. The van der Waals surface area contributed by atoms with Crippen molar-refractivity contribution in [1.82, 2.24) is 0 Å². The van der Waals surface area contributed by atoms with Crippen LogP contribution in [0.2, 0.25) is 0 Å². The number of hydrogen-bond acceptors (Lipinski definition) is 5. The lowest BCUT2D eigenvalue weighted by atomic mass is 10.0. The molecule has 1 aromatic carbocycles. The van der Waals surface area contributed by atoms with Crippen LogP contribution in [0, 0.1) is 0 Å². The Balaban J connectivity index is 1.61. The highest BCUT2D eigenvalue weighted by Crippen LogP contribution is 2.26. The molecule has 23 heavy (non-hydrogen) atoms. The molecule has 2 heterocycles. The maximum Gasteiger partial charge on any atom is 0.158 e. The lowest BCUT2D eigenvalue weighted by Crippen LogP contribution is -2.23. The molecule has 5 nitrogen and oxygen atoms in total. The third kappa shape index (κ3) is 3.99. The van der Waals surface area contributed by atoms with Crippen LogP contribution in [0.5, 0.6) is 5.75 Å². The Hall–Kier alpha value is -1.69. The average Bonchev–Trinajstić information content (AvgIpc) is 3.04. The van der Waals surface area contributed by atoms with Crippen LogP contribution in [0.3, 0.4) is 0 Å². The molecule has 3 rings (SSSR count). The second-order valence-corrected chi connectivity index (χ2v) is 5.78. The summed E-state index contributed by atoms with van der Waals surface area (Å²) < 4.78 is 16.6. The average molecular weight is 317 g/mol. The van der Waals surface area contributed by atoms with Crippen molar-refractivity contribution < 1.29 is 19.3 Å². The zero-order chi connectivity index (χ0) is 16.1. The fraction of sp³-hybridized carbons (Fsp3) is 0.500. The van der Waals surface area contributed by atoms with E-state index >= 15 is 0 Å². The minimum atomic E-state index is -0.124. The summed E-state index contributed by atoms with van der Waals surface area (Å²) >= 11 is 0. The highest BCUT2D eigenvalue weighted by Gasteiger charge is 2.21. The van der Waals surface area contributed by atoms with Crippen molar-refractivity contribution in [3.63, 3.8) is 0 Å². The molecule has 0 radical (unpaired) electrons. The van der Waals surface area contributed by atoms with Crippen LogP contribution < -0.4 is 4.74 Å². The van der Waals surface area contributed by atoms with Gasteiger partial charge in [-0.2, -0.15) is 0 Å². The SMILES string of the molecule is COc1ccc(C2=NC(CO)=C(COC3CCCCO3)C2)cc1. The quantitative estimate of drug-likeness (QED) is 0.876. The predicted molar refractivity (Wildman–Crippen MR) is 87.8 cm³/mol. The summed E-state index contributed by atoms with van der Waals surface area (Å²) in [7, 11) is 1.65. The van der Waals surface area contributed by atoms with Crippen LogP contribution >= 0.6 is 0 Å². The minimum absolute atomic E-state index is 0.0656. The Kier molecular flexibility index (Phi) is 5.43. The number of ether oxygens (including phenoxy) is 3. The summed E-state index contributed by atoms with van der Waals surface area (Å²) in [6.45, 7) is 1.16. The first-order chi connectivity index (χ1) is 11.3. The van der Waals surface area contributed by atoms with E-state index in [0.717, 1.165) is 48.5 Å². The lowest BCUT2D eigenvalue weighted by molar-refractivity contribution is -0.157. The first-order valence-electron chi connectivity index (χ1n) is 8.07. The summed E-state index contributed by atoms with van der Waals surface area (Å²) in [5.41, 5.74) is 3.75. The van der Waals surface area contributed by atoms with E-state index in [9.17, 15) is 5.11 Å². The molecular weight excluding hydrogens is 294 g/mol. The molecule has 1 unspecified atom stereocenters. The molecule has 0 spiro atoms. The fourth-order valence-electron chi connectivity index (χ4n) is 2.85. The number of aliphatic hydroxyl groups is 1. The van der Waals surface area contributed by atoms with Gasteiger partial charge in [-0.25, -0.2) is 0 Å². The Labute approximate surface area is 136 Å². The number of nitrogens with zero attached hydrogens (tertiary/aromatic N) is 1. The summed E-state index contributed by atoms with van der Waals surface area (Å²) in [5, 5.41) is 9.55. The molecule has 5 heteroatoms. The molecule has 124 valence electrons. The van der Waals surface area contributed by atoms with Gasteiger partial charge in [-0.3, -0.25) is 4.99 Å². The summed E-state index contributed by atoms with van der Waals surface area (Å²) in [6, 6.07) is 7.81. The molecular formula is C18H23NO4. The molecule has 2 aliphatic rings. The zero-order valence-electron chi connectivity index (χ0n) is 13.5. The van der Waals surface area contributed by atoms with Gasteiger partial charge in [0, 0.05) is 13.0 Å². The molecule has 1 atom stereocenters. The molecule has 1 saturated heterocycles. The van der Waals surface area contributed by atoms with Crippen LogP contribution in [0.4, 0.5) is 0 Å². The molecule has 0 bridgehead atoms. The van der Waals surface area contributed by atoms with Crippen LogP contribution in [0.1, 0.15) is 31.2 Å². The second kappa shape index (κ2) is 7.73. The van der Waals surface area contributed by atoms with Crippen molar-refractivity contribution >= 4 is 5.71 Å². The van der Waals surface area contributed by atoms with Gasteiger partial charge >= 0.3 is 0 Å². The van der Waals surface area contributed by atoms with Crippen molar-refractivity contribution in [2.45, 2.75) is 32.0 Å². The van der Waals surface area contributed by atoms with Gasteiger partial charge in [-0.1, -0.05) is 0 Å². The van der Waals surface area contributed by atoms with Gasteiger partial charge in [-0.05, 0) is 54.7 Å². The monoisotopic (exact) mass is 317 g/mol. The van der Waals surface area contributed by atoms with Gasteiger partial charge in [-0.15, -0.1) is 0 Å². The van der Waals surface area contributed by atoms with Crippen molar-refractivity contribution in [2.75, 3.05) is 26.9 Å². The maximum absolute atomic E-state index is 9.55. The number of methoxy groups -OCH3 is 1. The largest absolute Gasteiger partial charge is 0.497 e. The lowest BCUT2D eigenvalue weighted by Gasteiger charge is -2.23. The molecule has 0 aliphatic carbocycles. The van der Waals surface area contributed by atoms with E-state index in [1.807, 2.05) is 24.3 Å². The van der Waals surface area contributed by atoms with E-state index in [0.29, 0.717) is 18.7 Å². The molecule has 1 aromatic rings. The molecule has 1 fully saturated rings. The van der Waals surface area contributed by atoms with Gasteiger partial charge in [0.25, 0.3) is 0 Å². The highest BCUT2D eigenvalue weighted by molar-refractivity contribution is 6.04. The number of aliphatic hydroxyl groups excluding tert-OH is 1. The maximum atomic E-state index is 9.55. The van der Waals surface area contributed by atoms with E-state index in [1.165, 1.54) is 0 Å². The van der Waals surface area contributed by atoms with E-state index < -0.39 is 0 Å². The smallest absolute Gasteiger partial charge is 0.158 e. The zero-order valence-corrected chi connectivity index (χ0v) is 13.5. The Morgan fingerprint density at radius 3 is 2.74 bits per heavy atom. The molecule has 2 aliphatic heterocycles. The standard InChI is InChI=1S/C18H23NO4/c1-21-15-7-5-13(6-8-15)16-10-14(17(11-20)19-16)12-23-18-4-2-3-9-22-18/h5-8,18,20H,2-4,9-12H2,1H3. The van der Waals surface area contributed by atoms with Crippen molar-refractivity contribution in [1.29, 1.82) is 0 Å². The van der Waals surface area contributed by atoms with Crippen molar-refractivity contribution in [2.24, 2.45) is 4.99 Å². The Morgan fingerprint density at radius 1 is 1.26 bits per heavy atom. The normalized spacial score (nSPS) is 21.5. The predicted octanol–water partition coefficient (Wildman–Crippen LogP) is 2.68. The van der Waals surface area contributed by atoms with Gasteiger partial charge in [0.15, 0.2) is 6.29 Å². The summed E-state index contributed by atoms with van der Waals surface area (Å²) in [4.78, 5) is 4.56. The first-order valence-corrected chi connectivity index (χ1v) is 8.07. The molecule has 1 N–H and O–H groups in total. The van der Waals surface area contributed by atoms with Gasteiger partial charge in [0.2, 0.25) is 0 Å². The third-order valence-electron chi connectivity index (χ3n) is 4.21. The van der Waals surface area contributed by atoms with Gasteiger partial charge in [0.05, 0.1) is 31.7 Å². The van der Waals surface area contributed by atoms with E-state index in [1.54, 1.807) is 7.11 Å².